The van der Waals surface area contributed by atoms with Gasteiger partial charge in [0.1, 0.15) is 0 Å². The SMILES string of the molecule is CC(C)Cc1ccc(C(=O)CCC(=O)N2CCN(C(=O)C(=O)N3CCCC3)CC2)cc1. The van der Waals surface area contributed by atoms with Crippen molar-refractivity contribution in [3.05, 3.63) is 35.4 Å². The predicted octanol–water partition coefficient (Wildman–Crippen LogP) is 2.14. The summed E-state index contributed by atoms with van der Waals surface area (Å²) in [6.45, 7) is 7.13. The monoisotopic (exact) mass is 427 g/mol. The van der Waals surface area contributed by atoms with Crippen LogP contribution in [0.1, 0.15) is 55.5 Å². The van der Waals surface area contributed by atoms with Gasteiger partial charge in [0, 0.05) is 57.7 Å². The van der Waals surface area contributed by atoms with Crippen LogP contribution in [0, 0.1) is 5.92 Å². The fourth-order valence-electron chi connectivity index (χ4n) is 4.17. The average Bonchev–Trinajstić information content (AvgIpc) is 3.31. The second kappa shape index (κ2) is 10.6. The zero-order valence-corrected chi connectivity index (χ0v) is 18.6. The van der Waals surface area contributed by atoms with Gasteiger partial charge in [-0.05, 0) is 30.7 Å². The van der Waals surface area contributed by atoms with E-state index in [4.69, 9.17) is 0 Å². The standard InChI is InChI=1S/C24H33N3O4/c1-18(2)17-19-5-7-20(8-6-19)21(28)9-10-22(29)25-13-15-27(16-14-25)24(31)23(30)26-11-3-4-12-26/h5-8,18H,3-4,9-17H2,1-2H3. The van der Waals surface area contributed by atoms with Gasteiger partial charge in [0.05, 0.1) is 0 Å². The Kier molecular flexibility index (Phi) is 7.82. The number of amides is 3. The third-order valence-electron chi connectivity index (χ3n) is 5.98. The zero-order valence-electron chi connectivity index (χ0n) is 18.6. The van der Waals surface area contributed by atoms with Crippen molar-refractivity contribution in [1.29, 1.82) is 0 Å². The number of benzene rings is 1. The van der Waals surface area contributed by atoms with Crippen molar-refractivity contribution >= 4 is 23.5 Å². The summed E-state index contributed by atoms with van der Waals surface area (Å²) < 4.78 is 0. The van der Waals surface area contributed by atoms with Gasteiger partial charge in [-0.2, -0.15) is 0 Å². The highest BCUT2D eigenvalue weighted by Gasteiger charge is 2.31. The molecule has 0 N–H and O–H groups in total. The fourth-order valence-corrected chi connectivity index (χ4v) is 4.17. The van der Waals surface area contributed by atoms with Crippen LogP contribution >= 0.6 is 0 Å². The number of carbonyl (C=O) groups is 4. The number of Topliss-reactive ketones (excluding diaryl/α,β-unsaturated/α-hetero) is 1. The zero-order chi connectivity index (χ0) is 22.4. The molecule has 2 fully saturated rings. The third kappa shape index (κ3) is 6.15. The summed E-state index contributed by atoms with van der Waals surface area (Å²) in [5.41, 5.74) is 1.84. The first-order valence-corrected chi connectivity index (χ1v) is 11.3. The van der Waals surface area contributed by atoms with Gasteiger partial charge in [-0.15, -0.1) is 0 Å². The lowest BCUT2D eigenvalue weighted by atomic mass is 9.99. The minimum atomic E-state index is -0.468. The normalized spacial score (nSPS) is 16.7. The van der Waals surface area contributed by atoms with Crippen molar-refractivity contribution in [2.75, 3.05) is 39.3 Å². The van der Waals surface area contributed by atoms with Crippen molar-refractivity contribution < 1.29 is 19.2 Å². The molecule has 7 nitrogen and oxygen atoms in total. The minimum Gasteiger partial charge on any atom is -0.339 e. The molecule has 0 saturated carbocycles. The minimum absolute atomic E-state index is 0.0329. The van der Waals surface area contributed by atoms with Crippen molar-refractivity contribution in [2.45, 2.75) is 46.0 Å². The molecule has 0 aliphatic carbocycles. The second-order valence-corrected chi connectivity index (χ2v) is 8.89. The molecule has 0 bridgehead atoms. The van der Waals surface area contributed by atoms with E-state index in [9.17, 15) is 19.2 Å². The largest absolute Gasteiger partial charge is 0.339 e. The van der Waals surface area contributed by atoms with Gasteiger partial charge < -0.3 is 14.7 Å². The Labute approximate surface area is 184 Å². The Morgan fingerprint density at radius 3 is 1.81 bits per heavy atom. The summed E-state index contributed by atoms with van der Waals surface area (Å²) in [6, 6.07) is 7.64. The van der Waals surface area contributed by atoms with Crippen LogP contribution < -0.4 is 0 Å². The molecule has 0 aromatic heterocycles. The van der Waals surface area contributed by atoms with Gasteiger partial charge in [0.2, 0.25) is 5.91 Å². The van der Waals surface area contributed by atoms with E-state index in [2.05, 4.69) is 13.8 Å². The summed E-state index contributed by atoms with van der Waals surface area (Å²) in [5, 5.41) is 0. The van der Waals surface area contributed by atoms with Crippen LogP contribution in [0.2, 0.25) is 0 Å². The van der Waals surface area contributed by atoms with Gasteiger partial charge in [0.25, 0.3) is 0 Å². The Bertz CT molecular complexity index is 805. The van der Waals surface area contributed by atoms with Gasteiger partial charge in [0.15, 0.2) is 5.78 Å². The molecule has 0 radical (unpaired) electrons. The van der Waals surface area contributed by atoms with E-state index in [1.54, 1.807) is 9.80 Å². The van der Waals surface area contributed by atoms with E-state index < -0.39 is 11.8 Å². The van der Waals surface area contributed by atoms with Crippen LogP contribution in [-0.2, 0) is 20.8 Å². The highest BCUT2D eigenvalue weighted by atomic mass is 16.2. The molecule has 168 valence electrons. The lowest BCUT2D eigenvalue weighted by Gasteiger charge is -2.35. The molecule has 2 aliphatic heterocycles. The lowest BCUT2D eigenvalue weighted by Crippen LogP contribution is -2.54. The van der Waals surface area contributed by atoms with E-state index in [1.165, 1.54) is 10.5 Å². The first-order valence-electron chi connectivity index (χ1n) is 11.3. The number of ketones is 1. The number of rotatable bonds is 6. The molecule has 31 heavy (non-hydrogen) atoms. The van der Waals surface area contributed by atoms with Gasteiger partial charge >= 0.3 is 11.8 Å². The van der Waals surface area contributed by atoms with Crippen LogP contribution in [0.5, 0.6) is 0 Å². The number of carbonyl (C=O) groups excluding carboxylic acids is 4. The Balaban J connectivity index is 1.42. The quantitative estimate of drug-likeness (QED) is 0.515. The Hall–Kier alpha value is -2.70. The van der Waals surface area contributed by atoms with Crippen LogP contribution in [0.4, 0.5) is 0 Å². The highest BCUT2D eigenvalue weighted by molar-refractivity contribution is 6.35. The van der Waals surface area contributed by atoms with Gasteiger partial charge in [-0.3, -0.25) is 19.2 Å². The molecule has 0 spiro atoms. The number of hydrogen-bond acceptors (Lipinski definition) is 4. The Morgan fingerprint density at radius 2 is 1.26 bits per heavy atom. The van der Waals surface area contributed by atoms with Gasteiger partial charge in [-0.25, -0.2) is 0 Å². The molecule has 2 saturated heterocycles. The van der Waals surface area contributed by atoms with Crippen molar-refractivity contribution in [1.82, 2.24) is 14.7 Å². The van der Waals surface area contributed by atoms with Crippen LogP contribution in [-0.4, -0.2) is 77.5 Å². The third-order valence-corrected chi connectivity index (χ3v) is 5.98. The number of hydrogen-bond donors (Lipinski definition) is 0. The van der Waals surface area contributed by atoms with E-state index in [1.807, 2.05) is 24.3 Å². The molecule has 0 unspecified atom stereocenters. The van der Waals surface area contributed by atoms with E-state index >= 15 is 0 Å². The maximum absolute atomic E-state index is 12.5. The molecule has 0 atom stereocenters. The molecule has 3 rings (SSSR count). The average molecular weight is 428 g/mol. The number of nitrogens with zero attached hydrogens (tertiary/aromatic N) is 3. The fraction of sp³-hybridized carbons (Fsp3) is 0.583. The molecular formula is C24H33N3O4. The van der Waals surface area contributed by atoms with Crippen LogP contribution in [0.15, 0.2) is 24.3 Å². The van der Waals surface area contributed by atoms with Crippen LogP contribution in [0.25, 0.3) is 0 Å². The molecular weight excluding hydrogens is 394 g/mol. The van der Waals surface area contributed by atoms with Crippen molar-refractivity contribution in [2.24, 2.45) is 5.92 Å². The molecule has 2 heterocycles. The molecule has 3 amide bonds. The van der Waals surface area contributed by atoms with E-state index in [0.29, 0.717) is 50.7 Å². The first kappa shape index (κ1) is 23.0. The van der Waals surface area contributed by atoms with Crippen molar-refractivity contribution in [3.63, 3.8) is 0 Å². The van der Waals surface area contributed by atoms with Gasteiger partial charge in [-0.1, -0.05) is 38.1 Å². The number of piperazine rings is 1. The van der Waals surface area contributed by atoms with Crippen molar-refractivity contribution in [3.8, 4) is 0 Å². The lowest BCUT2D eigenvalue weighted by molar-refractivity contribution is -0.153. The molecule has 7 heteroatoms. The maximum Gasteiger partial charge on any atom is 0.312 e. The van der Waals surface area contributed by atoms with E-state index in [-0.39, 0.29) is 24.5 Å². The Morgan fingerprint density at radius 1 is 0.742 bits per heavy atom. The second-order valence-electron chi connectivity index (χ2n) is 8.89. The molecule has 2 aliphatic rings. The molecule has 1 aromatic carbocycles. The summed E-state index contributed by atoms with van der Waals surface area (Å²) in [6.07, 6.45) is 3.21. The summed E-state index contributed by atoms with van der Waals surface area (Å²) >= 11 is 0. The topological polar surface area (TPSA) is 78.0 Å². The highest BCUT2D eigenvalue weighted by Crippen LogP contribution is 2.14. The maximum atomic E-state index is 12.5. The van der Waals surface area contributed by atoms with E-state index in [0.717, 1.165) is 19.3 Å². The number of likely N-dealkylation sites (tertiary alicyclic amines) is 1. The first-order chi connectivity index (χ1) is 14.8. The molecule has 1 aromatic rings. The smallest absolute Gasteiger partial charge is 0.312 e. The predicted molar refractivity (Wildman–Crippen MR) is 118 cm³/mol. The van der Waals surface area contributed by atoms with Crippen LogP contribution in [0.3, 0.4) is 0 Å². The summed E-state index contributed by atoms with van der Waals surface area (Å²) in [7, 11) is 0. The summed E-state index contributed by atoms with van der Waals surface area (Å²) in [4.78, 5) is 54.5. The summed E-state index contributed by atoms with van der Waals surface area (Å²) in [5.74, 6) is -0.446.